The van der Waals surface area contributed by atoms with Gasteiger partial charge in [-0.15, -0.1) is 0 Å². The number of amides is 1. The molecule has 1 aromatic heterocycles. The summed E-state index contributed by atoms with van der Waals surface area (Å²) in [5, 5.41) is 0. The van der Waals surface area contributed by atoms with Crippen molar-refractivity contribution >= 4 is 23.5 Å². The summed E-state index contributed by atoms with van der Waals surface area (Å²) in [7, 11) is 0. The third kappa shape index (κ3) is 3.32. The second-order valence-electron chi connectivity index (χ2n) is 5.85. The van der Waals surface area contributed by atoms with Crippen molar-refractivity contribution in [3.8, 4) is 17.2 Å². The number of hydrogen-bond donors (Lipinski definition) is 0. The lowest BCUT2D eigenvalue weighted by molar-refractivity contribution is -0.138. The summed E-state index contributed by atoms with van der Waals surface area (Å²) < 4.78 is 24.7. The summed E-state index contributed by atoms with van der Waals surface area (Å²) in [6.07, 6.45) is 1.20. The maximum Gasteiger partial charge on any atom is 0.263 e. The molecule has 0 N–H and O–H groups in total. The molecule has 1 atom stereocenters. The molecule has 1 saturated heterocycles. The molecule has 1 unspecified atom stereocenters. The van der Waals surface area contributed by atoms with E-state index in [1.165, 1.54) is 11.7 Å². The van der Waals surface area contributed by atoms with Crippen molar-refractivity contribution in [3.63, 3.8) is 0 Å². The third-order valence-electron chi connectivity index (χ3n) is 4.27. The first-order valence-electron chi connectivity index (χ1n) is 8.08. The molecule has 132 valence electrons. The van der Waals surface area contributed by atoms with E-state index in [1.807, 2.05) is 4.90 Å². The van der Waals surface area contributed by atoms with Crippen LogP contribution in [0, 0.1) is 0 Å². The molecule has 0 spiro atoms. The number of anilines is 1. The minimum Gasteiger partial charge on any atom is -0.481 e. The lowest BCUT2D eigenvalue weighted by atomic mass is 10.2. The Labute approximate surface area is 149 Å². The molecule has 1 aromatic carbocycles. The van der Waals surface area contributed by atoms with Gasteiger partial charge in [0.15, 0.2) is 23.4 Å². The van der Waals surface area contributed by atoms with Gasteiger partial charge in [0.05, 0.1) is 17.9 Å². The summed E-state index contributed by atoms with van der Waals surface area (Å²) in [5.41, 5.74) is 0. The number of hydrogen-bond acceptors (Lipinski definition) is 8. The number of fused-ring (bicyclic) bond motifs is 1. The first kappa shape index (κ1) is 15.9. The fraction of sp³-hybridized carbons (Fsp3) is 0.438. The topological polar surface area (TPSA) is 77.0 Å². The van der Waals surface area contributed by atoms with Crippen LogP contribution in [-0.4, -0.2) is 58.6 Å². The molecule has 0 saturated carbocycles. The van der Waals surface area contributed by atoms with Gasteiger partial charge in [0.1, 0.15) is 5.75 Å². The molecular weight excluding hydrogens is 344 g/mol. The van der Waals surface area contributed by atoms with Crippen molar-refractivity contribution in [2.45, 2.75) is 13.0 Å². The smallest absolute Gasteiger partial charge is 0.263 e. The highest BCUT2D eigenvalue weighted by molar-refractivity contribution is 6.99. The highest BCUT2D eigenvalue weighted by atomic mass is 32.1. The maximum atomic E-state index is 12.6. The van der Waals surface area contributed by atoms with Crippen molar-refractivity contribution in [2.75, 3.05) is 37.9 Å². The highest BCUT2D eigenvalue weighted by Crippen LogP contribution is 2.35. The zero-order valence-electron chi connectivity index (χ0n) is 13.8. The number of carbonyl (C=O) groups excluding carboxylic acids is 1. The maximum absolute atomic E-state index is 12.6. The molecule has 2 aliphatic rings. The van der Waals surface area contributed by atoms with Crippen LogP contribution in [0.4, 0.5) is 5.82 Å². The standard InChI is InChI=1S/C16H18N4O4S/c1-11(24-12-2-3-13-14(8-12)23-10-22-13)16(21)20-6-4-19(5-7-20)15-9-17-25-18-15/h2-3,8-9,11H,4-7,10H2,1H3. The van der Waals surface area contributed by atoms with Crippen LogP contribution in [0.15, 0.2) is 24.4 Å². The van der Waals surface area contributed by atoms with Gasteiger partial charge in [0.25, 0.3) is 5.91 Å². The number of rotatable bonds is 4. The van der Waals surface area contributed by atoms with Gasteiger partial charge in [-0.3, -0.25) is 4.79 Å². The van der Waals surface area contributed by atoms with Gasteiger partial charge < -0.3 is 24.0 Å². The van der Waals surface area contributed by atoms with Crippen LogP contribution in [0.2, 0.25) is 0 Å². The van der Waals surface area contributed by atoms with Crippen molar-refractivity contribution < 1.29 is 19.0 Å². The lowest BCUT2D eigenvalue weighted by Crippen LogP contribution is -2.52. The summed E-state index contributed by atoms with van der Waals surface area (Å²) >= 11 is 1.19. The van der Waals surface area contributed by atoms with Crippen LogP contribution in [0.25, 0.3) is 0 Å². The fourth-order valence-electron chi connectivity index (χ4n) is 2.92. The predicted octanol–water partition coefficient (Wildman–Crippen LogP) is 1.38. The van der Waals surface area contributed by atoms with Gasteiger partial charge in [0.2, 0.25) is 6.79 Å². The van der Waals surface area contributed by atoms with Crippen LogP contribution < -0.4 is 19.1 Å². The summed E-state index contributed by atoms with van der Waals surface area (Å²) in [5.74, 6) is 2.79. The molecule has 9 heteroatoms. The van der Waals surface area contributed by atoms with E-state index < -0.39 is 6.10 Å². The van der Waals surface area contributed by atoms with E-state index in [4.69, 9.17) is 14.2 Å². The van der Waals surface area contributed by atoms with E-state index in [0.717, 1.165) is 18.9 Å². The van der Waals surface area contributed by atoms with Crippen molar-refractivity contribution in [2.24, 2.45) is 0 Å². The molecule has 0 radical (unpaired) electrons. The number of benzene rings is 1. The number of aromatic nitrogens is 2. The molecule has 0 aliphatic carbocycles. The van der Waals surface area contributed by atoms with Crippen molar-refractivity contribution in [1.29, 1.82) is 0 Å². The highest BCUT2D eigenvalue weighted by Gasteiger charge is 2.27. The number of carbonyl (C=O) groups is 1. The predicted molar refractivity (Wildman–Crippen MR) is 91.4 cm³/mol. The van der Waals surface area contributed by atoms with Crippen LogP contribution >= 0.6 is 11.7 Å². The van der Waals surface area contributed by atoms with E-state index in [0.29, 0.717) is 30.3 Å². The average molecular weight is 362 g/mol. The number of ether oxygens (including phenoxy) is 3. The van der Waals surface area contributed by atoms with Crippen LogP contribution in [0.3, 0.4) is 0 Å². The van der Waals surface area contributed by atoms with Gasteiger partial charge in [-0.1, -0.05) is 0 Å². The summed E-state index contributed by atoms with van der Waals surface area (Å²) in [6, 6.07) is 5.32. The Morgan fingerprint density at radius 1 is 1.24 bits per heavy atom. The summed E-state index contributed by atoms with van der Waals surface area (Å²) in [4.78, 5) is 16.6. The fourth-order valence-corrected chi connectivity index (χ4v) is 3.35. The molecule has 0 bridgehead atoms. The van der Waals surface area contributed by atoms with E-state index in [9.17, 15) is 4.79 Å². The van der Waals surface area contributed by atoms with Gasteiger partial charge in [-0.2, -0.15) is 8.75 Å². The Balaban J connectivity index is 1.33. The molecule has 1 amide bonds. The van der Waals surface area contributed by atoms with Crippen LogP contribution in [-0.2, 0) is 4.79 Å². The number of nitrogens with zero attached hydrogens (tertiary/aromatic N) is 4. The lowest BCUT2D eigenvalue weighted by Gasteiger charge is -2.35. The minimum atomic E-state index is -0.562. The van der Waals surface area contributed by atoms with E-state index in [2.05, 4.69) is 13.6 Å². The SMILES string of the molecule is CC(Oc1ccc2c(c1)OCO2)C(=O)N1CCN(c2cnsn2)CC1. The molecule has 3 heterocycles. The molecule has 25 heavy (non-hydrogen) atoms. The minimum absolute atomic E-state index is 0.0197. The first-order chi connectivity index (χ1) is 12.2. The largest absolute Gasteiger partial charge is 0.481 e. The van der Waals surface area contributed by atoms with Gasteiger partial charge in [-0.25, -0.2) is 0 Å². The van der Waals surface area contributed by atoms with E-state index in [1.54, 1.807) is 31.3 Å². The van der Waals surface area contributed by atoms with Gasteiger partial charge >= 0.3 is 0 Å². The Morgan fingerprint density at radius 3 is 2.80 bits per heavy atom. The third-order valence-corrected chi connectivity index (χ3v) is 4.74. The second kappa shape index (κ2) is 6.75. The normalized spacial score (nSPS) is 17.5. The Morgan fingerprint density at radius 2 is 2.04 bits per heavy atom. The zero-order chi connectivity index (χ0) is 17.2. The molecular formula is C16H18N4O4S. The molecule has 2 aromatic rings. The van der Waals surface area contributed by atoms with Crippen LogP contribution in [0.1, 0.15) is 6.92 Å². The molecule has 8 nitrogen and oxygen atoms in total. The van der Waals surface area contributed by atoms with Crippen molar-refractivity contribution in [3.05, 3.63) is 24.4 Å². The van der Waals surface area contributed by atoms with Gasteiger partial charge in [0, 0.05) is 32.2 Å². The first-order valence-corrected chi connectivity index (χ1v) is 8.81. The van der Waals surface area contributed by atoms with Gasteiger partial charge in [-0.05, 0) is 19.1 Å². The second-order valence-corrected chi connectivity index (χ2v) is 6.41. The Hall–Kier alpha value is -2.55. The average Bonchev–Trinajstić information content (AvgIpc) is 3.32. The zero-order valence-corrected chi connectivity index (χ0v) is 14.6. The summed E-state index contributed by atoms with van der Waals surface area (Å²) in [6.45, 7) is 4.76. The molecule has 2 aliphatic heterocycles. The molecule has 4 rings (SSSR count). The van der Waals surface area contributed by atoms with Crippen LogP contribution in [0.5, 0.6) is 17.2 Å². The Kier molecular flexibility index (Phi) is 4.31. The van der Waals surface area contributed by atoms with Crippen molar-refractivity contribution in [1.82, 2.24) is 13.6 Å². The van der Waals surface area contributed by atoms with E-state index >= 15 is 0 Å². The monoisotopic (exact) mass is 362 g/mol. The quantitative estimate of drug-likeness (QED) is 0.813. The van der Waals surface area contributed by atoms with E-state index in [-0.39, 0.29) is 12.7 Å². The Bertz CT molecular complexity index is 747. The molecule has 1 fully saturated rings. The number of piperazine rings is 1.